The lowest BCUT2D eigenvalue weighted by molar-refractivity contribution is 0.0691. The predicted octanol–water partition coefficient (Wildman–Crippen LogP) is 4.07. The maximum absolute atomic E-state index is 13.2. The van der Waals surface area contributed by atoms with Crippen molar-refractivity contribution in [1.82, 2.24) is 5.32 Å². The van der Waals surface area contributed by atoms with E-state index in [1.165, 1.54) is 24.3 Å². The van der Waals surface area contributed by atoms with Crippen LogP contribution in [0.2, 0.25) is 0 Å². The molecule has 0 fully saturated rings. The van der Waals surface area contributed by atoms with Crippen molar-refractivity contribution < 1.29 is 23.5 Å². The van der Waals surface area contributed by atoms with E-state index >= 15 is 0 Å². The second kappa shape index (κ2) is 8.31. The van der Waals surface area contributed by atoms with Crippen LogP contribution in [-0.2, 0) is 0 Å². The molecule has 0 aliphatic rings. The van der Waals surface area contributed by atoms with Crippen molar-refractivity contribution in [2.45, 2.75) is 12.3 Å². The van der Waals surface area contributed by atoms with Gasteiger partial charge < -0.3 is 14.8 Å². The smallest absolute Gasteiger partial charge is 0.336 e. The highest BCUT2D eigenvalue weighted by molar-refractivity contribution is 6.04. The maximum Gasteiger partial charge on any atom is 0.336 e. The van der Waals surface area contributed by atoms with Crippen LogP contribution >= 0.6 is 0 Å². The Morgan fingerprint density at radius 3 is 2.33 bits per heavy atom. The molecule has 5 nitrogen and oxygen atoms in total. The Kier molecular flexibility index (Phi) is 5.66. The summed E-state index contributed by atoms with van der Waals surface area (Å²) in [7, 11) is 0. The number of carboxylic acids is 1. The van der Waals surface area contributed by atoms with E-state index in [0.717, 1.165) is 5.56 Å². The normalized spacial score (nSPS) is 11.7. The molecule has 27 heavy (non-hydrogen) atoms. The summed E-state index contributed by atoms with van der Waals surface area (Å²) < 4.78 is 18.7. The van der Waals surface area contributed by atoms with Gasteiger partial charge in [-0.1, -0.05) is 24.3 Å². The molecule has 3 aromatic rings. The highest BCUT2D eigenvalue weighted by atomic mass is 19.1. The van der Waals surface area contributed by atoms with Crippen molar-refractivity contribution in [1.29, 1.82) is 0 Å². The summed E-state index contributed by atoms with van der Waals surface area (Å²) in [5.74, 6) is -1.38. The lowest BCUT2D eigenvalue weighted by Crippen LogP contribution is -2.27. The molecule has 1 aromatic heterocycles. The van der Waals surface area contributed by atoms with Crippen molar-refractivity contribution in [2.24, 2.45) is 0 Å². The number of nitrogens with one attached hydrogen (secondary N) is 1. The molecule has 2 N–H and O–H groups in total. The molecule has 0 saturated carbocycles. The Bertz CT molecular complexity index is 920. The van der Waals surface area contributed by atoms with Crippen LogP contribution in [0.15, 0.2) is 71.3 Å². The van der Waals surface area contributed by atoms with E-state index in [0.29, 0.717) is 18.7 Å². The summed E-state index contributed by atoms with van der Waals surface area (Å²) in [6, 6.07) is 15.8. The number of hydrogen-bond donors (Lipinski definition) is 2. The zero-order valence-corrected chi connectivity index (χ0v) is 14.4. The summed E-state index contributed by atoms with van der Waals surface area (Å²) in [5.41, 5.74) is 0.934. The molecule has 3 rings (SSSR count). The summed E-state index contributed by atoms with van der Waals surface area (Å²) in [6.45, 7) is 0.301. The minimum Gasteiger partial charge on any atom is -0.478 e. The Morgan fingerprint density at radius 1 is 1.00 bits per heavy atom. The zero-order chi connectivity index (χ0) is 19.2. The first kappa shape index (κ1) is 18.4. The van der Waals surface area contributed by atoms with Gasteiger partial charge in [-0.2, -0.15) is 0 Å². The third kappa shape index (κ3) is 4.41. The van der Waals surface area contributed by atoms with E-state index in [9.17, 15) is 19.1 Å². The number of benzene rings is 2. The number of carbonyl (C=O) groups excluding carboxylic acids is 1. The molecule has 0 aliphatic heterocycles. The van der Waals surface area contributed by atoms with Crippen molar-refractivity contribution in [3.05, 3.63) is 95.2 Å². The average molecular weight is 367 g/mol. The van der Waals surface area contributed by atoms with Crippen LogP contribution < -0.4 is 5.32 Å². The first-order valence-electron chi connectivity index (χ1n) is 8.45. The predicted molar refractivity (Wildman–Crippen MR) is 97.3 cm³/mol. The molecule has 1 heterocycles. The molecule has 0 aliphatic carbocycles. The number of aromatic carboxylic acids is 1. The van der Waals surface area contributed by atoms with Gasteiger partial charge in [0.25, 0.3) is 5.91 Å². The SMILES string of the molecule is O=C(O)c1ccccc1C(=O)NCC[C@H](c1ccc(F)cc1)c1ccco1. The van der Waals surface area contributed by atoms with Gasteiger partial charge in [0.1, 0.15) is 11.6 Å². The van der Waals surface area contributed by atoms with Crippen molar-refractivity contribution >= 4 is 11.9 Å². The minimum atomic E-state index is -1.15. The molecular formula is C21H18FNO4. The Hall–Kier alpha value is -3.41. The van der Waals surface area contributed by atoms with Crippen LogP contribution in [0.4, 0.5) is 4.39 Å². The quantitative estimate of drug-likeness (QED) is 0.660. The lowest BCUT2D eigenvalue weighted by atomic mass is 9.93. The second-order valence-corrected chi connectivity index (χ2v) is 6.01. The Balaban J connectivity index is 1.71. The monoisotopic (exact) mass is 367 g/mol. The fourth-order valence-electron chi connectivity index (χ4n) is 2.95. The number of amides is 1. The van der Waals surface area contributed by atoms with Gasteiger partial charge in [-0.15, -0.1) is 0 Å². The summed E-state index contributed by atoms with van der Waals surface area (Å²) >= 11 is 0. The van der Waals surface area contributed by atoms with Gasteiger partial charge >= 0.3 is 5.97 Å². The van der Waals surface area contributed by atoms with Crippen LogP contribution in [0.25, 0.3) is 0 Å². The summed E-state index contributed by atoms with van der Waals surface area (Å²) in [5, 5.41) is 12.0. The van der Waals surface area contributed by atoms with Crippen molar-refractivity contribution in [2.75, 3.05) is 6.54 Å². The van der Waals surface area contributed by atoms with Crippen LogP contribution in [0.1, 0.15) is 44.4 Å². The highest BCUT2D eigenvalue weighted by Gasteiger charge is 2.19. The standard InChI is InChI=1S/C21H18FNO4/c22-15-9-7-14(8-10-15)16(19-6-3-13-27-19)11-12-23-20(24)17-4-1-2-5-18(17)21(25)26/h1-10,13,16H,11-12H2,(H,23,24)(H,25,26)/t16-/m1/s1. The topological polar surface area (TPSA) is 79.5 Å². The molecule has 0 spiro atoms. The first-order chi connectivity index (χ1) is 13.1. The van der Waals surface area contributed by atoms with Crippen molar-refractivity contribution in [3.8, 4) is 0 Å². The highest BCUT2D eigenvalue weighted by Crippen LogP contribution is 2.28. The molecule has 0 unspecified atom stereocenters. The van der Waals surface area contributed by atoms with E-state index in [2.05, 4.69) is 5.32 Å². The number of carbonyl (C=O) groups is 2. The Labute approximate surface area is 155 Å². The molecular weight excluding hydrogens is 349 g/mol. The van der Waals surface area contributed by atoms with E-state index in [1.54, 1.807) is 36.6 Å². The molecule has 138 valence electrons. The fraction of sp³-hybridized carbons (Fsp3) is 0.143. The summed E-state index contributed by atoms with van der Waals surface area (Å²) in [4.78, 5) is 23.6. The first-order valence-corrected chi connectivity index (χ1v) is 8.45. The van der Waals surface area contributed by atoms with Crippen LogP contribution in [0.3, 0.4) is 0 Å². The zero-order valence-electron chi connectivity index (χ0n) is 14.4. The number of carboxylic acid groups (broad SMARTS) is 1. The molecule has 0 saturated heterocycles. The molecule has 2 aromatic carbocycles. The number of halogens is 1. The van der Waals surface area contributed by atoms with Crippen LogP contribution in [0, 0.1) is 5.82 Å². The van der Waals surface area contributed by atoms with Gasteiger partial charge in [0, 0.05) is 12.5 Å². The average Bonchev–Trinajstić information content (AvgIpc) is 3.20. The number of hydrogen-bond acceptors (Lipinski definition) is 3. The largest absolute Gasteiger partial charge is 0.478 e. The van der Waals surface area contributed by atoms with Gasteiger partial charge in [0.2, 0.25) is 0 Å². The number of furan rings is 1. The summed E-state index contributed by atoms with van der Waals surface area (Å²) in [6.07, 6.45) is 2.08. The van der Waals surface area contributed by atoms with Crippen LogP contribution in [0.5, 0.6) is 0 Å². The van der Waals surface area contributed by atoms with Gasteiger partial charge in [-0.25, -0.2) is 9.18 Å². The van der Waals surface area contributed by atoms with E-state index < -0.39 is 11.9 Å². The van der Waals surface area contributed by atoms with Crippen molar-refractivity contribution in [3.63, 3.8) is 0 Å². The van der Waals surface area contributed by atoms with Crippen LogP contribution in [-0.4, -0.2) is 23.5 Å². The molecule has 1 atom stereocenters. The second-order valence-electron chi connectivity index (χ2n) is 6.01. The van der Waals surface area contributed by atoms with E-state index in [4.69, 9.17) is 4.42 Å². The maximum atomic E-state index is 13.2. The third-order valence-corrected chi connectivity index (χ3v) is 4.28. The molecule has 1 amide bonds. The van der Waals surface area contributed by atoms with E-state index in [1.807, 2.05) is 6.07 Å². The van der Waals surface area contributed by atoms with Gasteiger partial charge in [0.15, 0.2) is 0 Å². The van der Waals surface area contributed by atoms with Gasteiger partial charge in [-0.3, -0.25) is 4.79 Å². The molecule has 6 heteroatoms. The minimum absolute atomic E-state index is 0.0453. The number of rotatable bonds is 7. The third-order valence-electron chi connectivity index (χ3n) is 4.28. The van der Waals surface area contributed by atoms with E-state index in [-0.39, 0.29) is 22.9 Å². The molecule has 0 bridgehead atoms. The lowest BCUT2D eigenvalue weighted by Gasteiger charge is -2.16. The van der Waals surface area contributed by atoms with Gasteiger partial charge in [0.05, 0.1) is 17.4 Å². The molecule has 0 radical (unpaired) electrons. The fourth-order valence-corrected chi connectivity index (χ4v) is 2.95. The van der Waals surface area contributed by atoms with Gasteiger partial charge in [-0.05, 0) is 48.4 Å². The Morgan fingerprint density at radius 2 is 1.70 bits per heavy atom.